The highest BCUT2D eigenvalue weighted by atomic mass is 16.3. The Kier molecular flexibility index (Phi) is 39.5. The summed E-state index contributed by atoms with van der Waals surface area (Å²) in [6, 6.07) is 0. The van der Waals surface area contributed by atoms with Crippen LogP contribution in [0.25, 0.3) is 0 Å². The summed E-state index contributed by atoms with van der Waals surface area (Å²) >= 11 is 0. The topological polar surface area (TPSA) is 60.7 Å². The Balaban J connectivity index is -0.000000147. The lowest BCUT2D eigenvalue weighted by atomic mass is 10.3. The molecule has 0 aromatic rings. The normalized spacial score (nSPS) is 8.40. The molecule has 0 amide bonds. The van der Waals surface area contributed by atoms with Crippen molar-refractivity contribution in [1.82, 2.24) is 0 Å². The van der Waals surface area contributed by atoms with Crippen molar-refractivity contribution in [2.24, 2.45) is 0 Å². The summed E-state index contributed by atoms with van der Waals surface area (Å²) in [5.74, 6) is 0. The van der Waals surface area contributed by atoms with Gasteiger partial charge in [0.25, 0.3) is 0 Å². The Labute approximate surface area is 95.1 Å². The Hall–Kier alpha value is -0.120. The molecule has 0 bridgehead atoms. The van der Waals surface area contributed by atoms with Crippen LogP contribution < -0.4 is 0 Å². The highest BCUT2D eigenvalue weighted by molar-refractivity contribution is 4.30. The van der Waals surface area contributed by atoms with Crippen molar-refractivity contribution in [2.45, 2.75) is 59.3 Å². The standard InChI is InChI=1S/C5H12O.C4H10O.C3H8O/c1-2-3-4-5-6;1-2-3-4-5;1-2-3-4/h6H,2-5H2,1H3;5H,2-4H2,1H3;4H,2-3H2,1H3. The Morgan fingerprint density at radius 1 is 0.533 bits per heavy atom. The molecule has 0 saturated heterocycles. The molecule has 3 N–H and O–H groups in total. The fraction of sp³-hybridized carbons (Fsp3) is 1.00. The average Bonchev–Trinajstić information content (AvgIpc) is 2.28. The van der Waals surface area contributed by atoms with Crippen molar-refractivity contribution in [3.8, 4) is 0 Å². The van der Waals surface area contributed by atoms with Crippen molar-refractivity contribution >= 4 is 0 Å². The van der Waals surface area contributed by atoms with E-state index in [9.17, 15) is 0 Å². The third-order valence-electron chi connectivity index (χ3n) is 1.50. The van der Waals surface area contributed by atoms with Crippen LogP contribution in [0.15, 0.2) is 0 Å². The van der Waals surface area contributed by atoms with Gasteiger partial charge < -0.3 is 15.3 Å². The van der Waals surface area contributed by atoms with E-state index in [2.05, 4.69) is 13.8 Å². The molecule has 0 spiro atoms. The second-order valence-corrected chi connectivity index (χ2v) is 3.23. The fourth-order valence-electron chi connectivity index (χ4n) is 0.520. The summed E-state index contributed by atoms with van der Waals surface area (Å²) in [4.78, 5) is 0. The summed E-state index contributed by atoms with van der Waals surface area (Å²) in [5.41, 5.74) is 0. The molecule has 0 aliphatic carbocycles. The van der Waals surface area contributed by atoms with Crippen LogP contribution in [0.5, 0.6) is 0 Å². The minimum absolute atomic E-state index is 0.319. The quantitative estimate of drug-likeness (QED) is 0.604. The van der Waals surface area contributed by atoms with E-state index in [4.69, 9.17) is 15.3 Å². The number of rotatable bonds is 6. The molecule has 0 saturated carbocycles. The molecule has 0 unspecified atom stereocenters. The fourth-order valence-corrected chi connectivity index (χ4v) is 0.520. The molecule has 0 heterocycles. The van der Waals surface area contributed by atoms with Gasteiger partial charge in [-0.3, -0.25) is 0 Å². The molecule has 3 nitrogen and oxygen atoms in total. The van der Waals surface area contributed by atoms with Crippen LogP contribution in [0, 0.1) is 0 Å². The minimum atomic E-state index is 0.319. The number of unbranched alkanes of at least 4 members (excludes halogenated alkanes) is 3. The zero-order chi connectivity index (χ0) is 12.4. The summed E-state index contributed by atoms with van der Waals surface area (Å²) in [5, 5.41) is 24.1. The predicted octanol–water partition coefficient (Wildman–Crippen LogP) is 2.34. The van der Waals surface area contributed by atoms with Gasteiger partial charge >= 0.3 is 0 Å². The van der Waals surface area contributed by atoms with E-state index in [0.29, 0.717) is 19.8 Å². The summed E-state index contributed by atoms with van der Waals surface area (Å²) in [7, 11) is 0. The lowest BCUT2D eigenvalue weighted by molar-refractivity contribution is 0.284. The van der Waals surface area contributed by atoms with E-state index < -0.39 is 0 Å². The first kappa shape index (κ1) is 20.3. The Morgan fingerprint density at radius 2 is 0.933 bits per heavy atom. The van der Waals surface area contributed by atoms with Crippen LogP contribution in [0.1, 0.15) is 59.3 Å². The minimum Gasteiger partial charge on any atom is -0.396 e. The van der Waals surface area contributed by atoms with Crippen molar-refractivity contribution in [2.75, 3.05) is 19.8 Å². The maximum Gasteiger partial charge on any atom is 0.0431 e. The lowest BCUT2D eigenvalue weighted by Gasteiger charge is -1.85. The van der Waals surface area contributed by atoms with Gasteiger partial charge in [0.1, 0.15) is 0 Å². The Bertz CT molecular complexity index is 59.9. The number of aliphatic hydroxyl groups excluding tert-OH is 3. The molecule has 0 atom stereocenters. The van der Waals surface area contributed by atoms with Gasteiger partial charge in [0, 0.05) is 19.8 Å². The van der Waals surface area contributed by atoms with E-state index in [0.717, 1.165) is 32.1 Å². The summed E-state index contributed by atoms with van der Waals surface area (Å²) in [6.07, 6.45) is 6.24. The number of hydrogen-bond acceptors (Lipinski definition) is 3. The van der Waals surface area contributed by atoms with Gasteiger partial charge in [0.2, 0.25) is 0 Å². The van der Waals surface area contributed by atoms with Crippen LogP contribution in [-0.4, -0.2) is 35.1 Å². The van der Waals surface area contributed by atoms with Gasteiger partial charge in [-0.2, -0.15) is 0 Å². The zero-order valence-electron chi connectivity index (χ0n) is 10.7. The molecule has 0 aliphatic heterocycles. The zero-order valence-corrected chi connectivity index (χ0v) is 10.7. The highest BCUT2D eigenvalue weighted by Crippen LogP contribution is 1.89. The van der Waals surface area contributed by atoms with Crippen molar-refractivity contribution in [3.05, 3.63) is 0 Å². The molecule has 0 radical (unpaired) electrons. The maximum atomic E-state index is 8.20. The second kappa shape index (κ2) is 29.2. The third-order valence-corrected chi connectivity index (χ3v) is 1.50. The van der Waals surface area contributed by atoms with Crippen LogP contribution >= 0.6 is 0 Å². The molecule has 0 aromatic carbocycles. The molecule has 0 rings (SSSR count). The molecular formula is C12H30O3. The van der Waals surface area contributed by atoms with Crippen molar-refractivity contribution < 1.29 is 15.3 Å². The van der Waals surface area contributed by atoms with Crippen molar-refractivity contribution in [3.63, 3.8) is 0 Å². The average molecular weight is 222 g/mol. The van der Waals surface area contributed by atoms with Crippen LogP contribution in [0.3, 0.4) is 0 Å². The van der Waals surface area contributed by atoms with Gasteiger partial charge in [-0.1, -0.05) is 40.0 Å². The molecular weight excluding hydrogens is 192 g/mol. The largest absolute Gasteiger partial charge is 0.396 e. The molecule has 15 heavy (non-hydrogen) atoms. The van der Waals surface area contributed by atoms with E-state index in [1.54, 1.807) is 0 Å². The molecule has 3 heteroatoms. The maximum absolute atomic E-state index is 8.20. The van der Waals surface area contributed by atoms with Crippen molar-refractivity contribution in [1.29, 1.82) is 0 Å². The molecule has 96 valence electrons. The molecule has 0 aliphatic rings. The van der Waals surface area contributed by atoms with E-state index >= 15 is 0 Å². The summed E-state index contributed by atoms with van der Waals surface area (Å²) < 4.78 is 0. The van der Waals surface area contributed by atoms with Crippen LogP contribution in [0.4, 0.5) is 0 Å². The smallest absolute Gasteiger partial charge is 0.0431 e. The van der Waals surface area contributed by atoms with Crippen LogP contribution in [0.2, 0.25) is 0 Å². The van der Waals surface area contributed by atoms with Crippen LogP contribution in [-0.2, 0) is 0 Å². The van der Waals surface area contributed by atoms with E-state index in [-0.39, 0.29) is 0 Å². The first-order valence-corrected chi connectivity index (χ1v) is 6.07. The van der Waals surface area contributed by atoms with E-state index in [1.807, 2.05) is 6.92 Å². The Morgan fingerprint density at radius 3 is 1.00 bits per heavy atom. The predicted molar refractivity (Wildman–Crippen MR) is 66.0 cm³/mol. The van der Waals surface area contributed by atoms with Gasteiger partial charge in [-0.15, -0.1) is 0 Å². The van der Waals surface area contributed by atoms with Gasteiger partial charge in [0.15, 0.2) is 0 Å². The monoisotopic (exact) mass is 222 g/mol. The SMILES string of the molecule is CCCCCO.CCCCO.CCCO. The number of aliphatic hydroxyl groups is 3. The van der Waals surface area contributed by atoms with Gasteiger partial charge in [0.05, 0.1) is 0 Å². The highest BCUT2D eigenvalue weighted by Gasteiger charge is 1.76. The van der Waals surface area contributed by atoms with Gasteiger partial charge in [-0.25, -0.2) is 0 Å². The third kappa shape index (κ3) is 56.7. The van der Waals surface area contributed by atoms with E-state index in [1.165, 1.54) is 6.42 Å². The first-order chi connectivity index (χ1) is 7.24. The second-order valence-electron chi connectivity index (χ2n) is 3.23. The summed E-state index contributed by atoms with van der Waals surface area (Å²) in [6.45, 7) is 7.12. The lowest BCUT2D eigenvalue weighted by Crippen LogP contribution is -1.78. The molecule has 0 aromatic heterocycles. The van der Waals surface area contributed by atoms with Gasteiger partial charge in [-0.05, 0) is 19.3 Å². The first-order valence-electron chi connectivity index (χ1n) is 6.07. The number of hydrogen-bond donors (Lipinski definition) is 3. The molecule has 0 fully saturated rings.